The van der Waals surface area contributed by atoms with Crippen molar-refractivity contribution in [3.8, 4) is 0 Å². The van der Waals surface area contributed by atoms with E-state index in [4.69, 9.17) is 4.98 Å². The molecule has 49 heavy (non-hydrogen) atoms. The highest BCUT2D eigenvalue weighted by Crippen LogP contribution is 2.20. The van der Waals surface area contributed by atoms with E-state index in [-0.39, 0.29) is 0 Å². The minimum atomic E-state index is 0.646. The van der Waals surface area contributed by atoms with E-state index in [1.165, 1.54) is 0 Å². The summed E-state index contributed by atoms with van der Waals surface area (Å²) >= 11 is 0. The SMILES string of the molecule is Cc1cc(Nc2cc(N(C)CCN(C)C)nc(/C=C/c3ccccc3)n2)n[nH]1.Cc1cc(Nc2ccnc(/C=C/c3ccccc3)n2)n[nH]1. The van der Waals surface area contributed by atoms with Gasteiger partial charge in [-0.1, -0.05) is 72.8 Å². The first-order valence-corrected chi connectivity index (χ1v) is 15.9. The molecule has 12 heteroatoms. The highest BCUT2D eigenvalue weighted by Gasteiger charge is 2.09. The van der Waals surface area contributed by atoms with Gasteiger partial charge in [0.05, 0.1) is 0 Å². The van der Waals surface area contributed by atoms with Gasteiger partial charge in [0, 0.05) is 55.9 Å². The van der Waals surface area contributed by atoms with Crippen molar-refractivity contribution in [1.82, 2.24) is 45.2 Å². The van der Waals surface area contributed by atoms with E-state index in [2.05, 4.69) is 82.0 Å². The zero-order valence-corrected chi connectivity index (χ0v) is 28.5. The lowest BCUT2D eigenvalue weighted by molar-refractivity contribution is 0.416. The van der Waals surface area contributed by atoms with Crippen LogP contribution in [0.2, 0.25) is 0 Å². The van der Waals surface area contributed by atoms with Crippen molar-refractivity contribution in [3.05, 3.63) is 125 Å². The Labute approximate surface area is 287 Å². The van der Waals surface area contributed by atoms with Crippen molar-refractivity contribution < 1.29 is 0 Å². The van der Waals surface area contributed by atoms with Crippen LogP contribution in [-0.2, 0) is 0 Å². The monoisotopic (exact) mass is 654 g/mol. The summed E-state index contributed by atoms with van der Waals surface area (Å²) < 4.78 is 0. The van der Waals surface area contributed by atoms with Gasteiger partial charge in [0.25, 0.3) is 0 Å². The fourth-order valence-corrected chi connectivity index (χ4v) is 4.47. The molecule has 0 fully saturated rings. The summed E-state index contributed by atoms with van der Waals surface area (Å²) in [5.41, 5.74) is 4.21. The van der Waals surface area contributed by atoms with Crippen LogP contribution in [-0.4, -0.2) is 79.5 Å². The summed E-state index contributed by atoms with van der Waals surface area (Å²) in [5.74, 6) is 5.05. The number of benzene rings is 2. The lowest BCUT2D eigenvalue weighted by Gasteiger charge is -2.21. The zero-order valence-electron chi connectivity index (χ0n) is 28.5. The maximum atomic E-state index is 4.71. The molecule has 0 bridgehead atoms. The van der Waals surface area contributed by atoms with Gasteiger partial charge in [-0.15, -0.1) is 0 Å². The number of aromatic amines is 2. The Balaban J connectivity index is 0.000000199. The largest absolute Gasteiger partial charge is 0.358 e. The number of H-pyrrole nitrogens is 2. The molecule has 4 N–H and O–H groups in total. The number of anilines is 5. The molecule has 0 radical (unpaired) electrons. The van der Waals surface area contributed by atoms with Gasteiger partial charge in [-0.25, -0.2) is 19.9 Å². The van der Waals surface area contributed by atoms with Crippen LogP contribution in [0.3, 0.4) is 0 Å². The number of rotatable bonds is 12. The van der Waals surface area contributed by atoms with Crippen LogP contribution < -0.4 is 15.5 Å². The van der Waals surface area contributed by atoms with E-state index in [9.17, 15) is 0 Å². The second-order valence-corrected chi connectivity index (χ2v) is 11.6. The minimum Gasteiger partial charge on any atom is -0.358 e. The van der Waals surface area contributed by atoms with Gasteiger partial charge < -0.3 is 20.4 Å². The third-order valence-corrected chi connectivity index (χ3v) is 7.05. The molecule has 250 valence electrons. The second-order valence-electron chi connectivity index (χ2n) is 11.6. The van der Waals surface area contributed by atoms with Crippen molar-refractivity contribution in [1.29, 1.82) is 0 Å². The Morgan fingerprint density at radius 2 is 1.14 bits per heavy atom. The molecule has 0 aliphatic rings. The predicted molar refractivity (Wildman–Crippen MR) is 200 cm³/mol. The van der Waals surface area contributed by atoms with Gasteiger partial charge in [0.1, 0.15) is 17.5 Å². The van der Waals surface area contributed by atoms with Crippen molar-refractivity contribution in [2.75, 3.05) is 49.8 Å². The van der Waals surface area contributed by atoms with Gasteiger partial charge in [0.15, 0.2) is 23.3 Å². The third kappa shape index (κ3) is 11.3. The topological polar surface area (TPSA) is 139 Å². The van der Waals surface area contributed by atoms with Crippen LogP contribution in [0.5, 0.6) is 0 Å². The summed E-state index contributed by atoms with van der Waals surface area (Å²) in [6.07, 6.45) is 9.54. The van der Waals surface area contributed by atoms with E-state index < -0.39 is 0 Å². The molecule has 4 aromatic heterocycles. The van der Waals surface area contributed by atoms with Crippen LogP contribution in [0, 0.1) is 13.8 Å². The number of hydrogen-bond donors (Lipinski definition) is 4. The molecular weight excluding hydrogens is 612 g/mol. The molecule has 0 saturated carbocycles. The molecule has 0 saturated heterocycles. The fourth-order valence-electron chi connectivity index (χ4n) is 4.47. The average molecular weight is 655 g/mol. The molecule has 0 atom stereocenters. The lowest BCUT2D eigenvalue weighted by atomic mass is 10.2. The number of aryl methyl sites for hydroxylation is 2. The summed E-state index contributed by atoms with van der Waals surface area (Å²) in [5, 5.41) is 20.6. The fraction of sp³-hybridized carbons (Fsp3) is 0.189. The molecule has 0 amide bonds. The number of nitrogens with zero attached hydrogens (tertiary/aromatic N) is 8. The maximum Gasteiger partial charge on any atom is 0.156 e. The standard InChI is InChI=1S/C21H27N7.C16H15N5/c1-16-14-20(26-25-16)23-19-15-21(28(4)13-12-27(2)3)24-18(22-19)11-10-17-8-6-5-7-9-17;1-12-11-16(21-20-12)19-15-9-10-17-14(18-15)8-7-13-5-3-2-4-6-13/h5-11,14-15H,12-13H2,1-4H3,(H2,22,23,24,25,26);2-11H,1H3,(H2,17,18,19,20,21)/b11-10+;8-7+. The van der Waals surface area contributed by atoms with Crippen molar-refractivity contribution in [3.63, 3.8) is 0 Å². The van der Waals surface area contributed by atoms with E-state index >= 15 is 0 Å². The Morgan fingerprint density at radius 3 is 1.69 bits per heavy atom. The minimum absolute atomic E-state index is 0.646. The lowest BCUT2D eigenvalue weighted by Crippen LogP contribution is -2.29. The predicted octanol–water partition coefficient (Wildman–Crippen LogP) is 6.84. The third-order valence-electron chi connectivity index (χ3n) is 7.05. The summed E-state index contributed by atoms with van der Waals surface area (Å²) in [7, 11) is 6.17. The molecule has 0 aliphatic carbocycles. The number of nitrogens with one attached hydrogen (secondary N) is 4. The molecule has 4 heterocycles. The normalized spacial score (nSPS) is 11.1. The zero-order chi connectivity index (χ0) is 34.4. The van der Waals surface area contributed by atoms with E-state index in [0.717, 1.165) is 53.1 Å². The Bertz CT molecular complexity index is 1940. The van der Waals surface area contributed by atoms with Gasteiger partial charge in [-0.3, -0.25) is 10.2 Å². The van der Waals surface area contributed by atoms with Crippen LogP contribution in [0.1, 0.15) is 34.2 Å². The number of likely N-dealkylation sites (N-methyl/N-ethyl adjacent to an activating group) is 2. The second kappa shape index (κ2) is 17.1. The Morgan fingerprint density at radius 1 is 0.592 bits per heavy atom. The first-order valence-electron chi connectivity index (χ1n) is 15.9. The van der Waals surface area contributed by atoms with Crippen LogP contribution in [0.15, 0.2) is 91.1 Å². The number of aromatic nitrogens is 8. The molecule has 0 unspecified atom stereocenters. The molecule has 6 aromatic rings. The maximum absolute atomic E-state index is 4.71. The molecule has 0 spiro atoms. The van der Waals surface area contributed by atoms with Crippen LogP contribution in [0.4, 0.5) is 29.1 Å². The molecule has 2 aromatic carbocycles. The first kappa shape index (κ1) is 34.2. The van der Waals surface area contributed by atoms with Gasteiger partial charge in [-0.05, 0) is 57.3 Å². The van der Waals surface area contributed by atoms with Crippen molar-refractivity contribution >= 4 is 53.4 Å². The quantitative estimate of drug-likeness (QED) is 0.111. The molecule has 12 nitrogen and oxygen atoms in total. The Kier molecular flexibility index (Phi) is 12.0. The van der Waals surface area contributed by atoms with Crippen LogP contribution in [0.25, 0.3) is 24.3 Å². The highest BCUT2D eigenvalue weighted by atomic mass is 15.2. The Hall–Kier alpha value is -6.14. The summed E-state index contributed by atoms with van der Waals surface area (Å²) in [6.45, 7) is 5.72. The smallest absolute Gasteiger partial charge is 0.156 e. The van der Waals surface area contributed by atoms with Crippen LogP contribution >= 0.6 is 0 Å². The molecular formula is C37H42N12. The van der Waals surface area contributed by atoms with Gasteiger partial charge in [-0.2, -0.15) is 10.2 Å². The summed E-state index contributed by atoms with van der Waals surface area (Å²) in [6, 6.07) is 27.8. The summed E-state index contributed by atoms with van der Waals surface area (Å²) in [4.78, 5) is 22.3. The number of hydrogen-bond acceptors (Lipinski definition) is 10. The van der Waals surface area contributed by atoms with Gasteiger partial charge >= 0.3 is 0 Å². The van der Waals surface area contributed by atoms with Crippen molar-refractivity contribution in [2.45, 2.75) is 13.8 Å². The van der Waals surface area contributed by atoms with Crippen molar-refractivity contribution in [2.24, 2.45) is 0 Å². The molecule has 6 rings (SSSR count). The highest BCUT2D eigenvalue weighted by molar-refractivity contribution is 5.69. The van der Waals surface area contributed by atoms with E-state index in [0.29, 0.717) is 23.3 Å². The average Bonchev–Trinajstić information content (AvgIpc) is 3.72. The van der Waals surface area contributed by atoms with Gasteiger partial charge in [0.2, 0.25) is 0 Å². The van der Waals surface area contributed by atoms with E-state index in [1.807, 2.05) is 118 Å². The first-order chi connectivity index (χ1) is 23.8. The molecule has 0 aliphatic heterocycles. The van der Waals surface area contributed by atoms with E-state index in [1.54, 1.807) is 6.20 Å².